The number of benzene rings is 2. The van der Waals surface area contributed by atoms with Gasteiger partial charge in [-0.2, -0.15) is 0 Å². The van der Waals surface area contributed by atoms with Crippen LogP contribution in [0.4, 0.5) is 11.4 Å². The second kappa shape index (κ2) is 6.95. The summed E-state index contributed by atoms with van der Waals surface area (Å²) in [6.07, 6.45) is 0. The van der Waals surface area contributed by atoms with Gasteiger partial charge in [-0.05, 0) is 24.6 Å². The molecule has 0 radical (unpaired) electrons. The molecule has 0 saturated heterocycles. The fourth-order valence-corrected chi connectivity index (χ4v) is 1.97. The summed E-state index contributed by atoms with van der Waals surface area (Å²) < 4.78 is 5.34. The number of hydrogen-bond donors (Lipinski definition) is 1. The molecule has 6 heteroatoms. The van der Waals surface area contributed by atoms with Crippen molar-refractivity contribution in [3.05, 3.63) is 63.2 Å². The van der Waals surface area contributed by atoms with E-state index < -0.39 is 4.92 Å². The van der Waals surface area contributed by atoms with E-state index in [2.05, 4.69) is 5.32 Å². The van der Waals surface area contributed by atoms with Crippen LogP contribution < -0.4 is 10.1 Å². The van der Waals surface area contributed by atoms with Crippen molar-refractivity contribution in [2.75, 3.05) is 11.9 Å². The van der Waals surface area contributed by atoms with Crippen LogP contribution in [0.25, 0.3) is 0 Å². The van der Waals surface area contributed by atoms with Crippen molar-refractivity contribution in [1.29, 1.82) is 0 Å². The van der Waals surface area contributed by atoms with E-state index in [1.54, 1.807) is 18.2 Å². The second-order valence-corrected chi connectivity index (χ2v) is 4.82. The number of nitro groups is 1. The van der Waals surface area contributed by atoms with Crippen LogP contribution in [-0.2, 0) is 6.54 Å². The SMILES string of the molecule is CCOc1cc(NCc2ccc(Cl)cc2)cc([N+](=O)[O-])c1. The van der Waals surface area contributed by atoms with Crippen LogP contribution in [0.15, 0.2) is 42.5 Å². The highest BCUT2D eigenvalue weighted by molar-refractivity contribution is 6.30. The maximum Gasteiger partial charge on any atom is 0.275 e. The zero-order valence-electron chi connectivity index (χ0n) is 11.5. The van der Waals surface area contributed by atoms with Crippen LogP contribution in [0.5, 0.6) is 5.75 Å². The summed E-state index contributed by atoms with van der Waals surface area (Å²) in [5.41, 5.74) is 1.67. The van der Waals surface area contributed by atoms with Crippen molar-refractivity contribution in [2.45, 2.75) is 13.5 Å². The standard InChI is InChI=1S/C15H15ClN2O3/c1-2-21-15-8-13(7-14(9-15)18(19)20)17-10-11-3-5-12(16)6-4-11/h3-9,17H,2,10H2,1H3. The first-order chi connectivity index (χ1) is 10.1. The Labute approximate surface area is 127 Å². The molecular weight excluding hydrogens is 292 g/mol. The quantitative estimate of drug-likeness (QED) is 0.640. The molecule has 0 atom stereocenters. The molecule has 0 aliphatic rings. The summed E-state index contributed by atoms with van der Waals surface area (Å²) in [4.78, 5) is 10.5. The van der Waals surface area contributed by atoms with Gasteiger partial charge in [0.25, 0.3) is 5.69 Å². The van der Waals surface area contributed by atoms with Crippen LogP contribution in [0, 0.1) is 10.1 Å². The monoisotopic (exact) mass is 306 g/mol. The predicted molar refractivity (Wildman–Crippen MR) is 83.0 cm³/mol. The van der Waals surface area contributed by atoms with Crippen LogP contribution in [0.3, 0.4) is 0 Å². The second-order valence-electron chi connectivity index (χ2n) is 4.39. The number of non-ortho nitro benzene ring substituents is 1. The van der Waals surface area contributed by atoms with Gasteiger partial charge in [0, 0.05) is 29.4 Å². The minimum atomic E-state index is -0.435. The Bertz CT molecular complexity index is 629. The Morgan fingerprint density at radius 3 is 2.57 bits per heavy atom. The van der Waals surface area contributed by atoms with E-state index in [-0.39, 0.29) is 5.69 Å². The fraction of sp³-hybridized carbons (Fsp3) is 0.200. The van der Waals surface area contributed by atoms with E-state index in [4.69, 9.17) is 16.3 Å². The molecule has 2 aromatic rings. The largest absolute Gasteiger partial charge is 0.494 e. The summed E-state index contributed by atoms with van der Waals surface area (Å²) in [6, 6.07) is 12.0. The van der Waals surface area contributed by atoms with Gasteiger partial charge in [-0.1, -0.05) is 23.7 Å². The highest BCUT2D eigenvalue weighted by Crippen LogP contribution is 2.26. The average molecular weight is 307 g/mol. The molecule has 1 N–H and O–H groups in total. The zero-order chi connectivity index (χ0) is 15.2. The van der Waals surface area contributed by atoms with Gasteiger partial charge >= 0.3 is 0 Å². The van der Waals surface area contributed by atoms with Gasteiger partial charge in [0.15, 0.2) is 0 Å². The molecule has 110 valence electrons. The molecule has 2 rings (SSSR count). The number of nitro benzene ring substituents is 1. The summed E-state index contributed by atoms with van der Waals surface area (Å²) in [5, 5.41) is 14.7. The molecule has 21 heavy (non-hydrogen) atoms. The molecule has 0 aliphatic heterocycles. The molecule has 0 saturated carbocycles. The Morgan fingerprint density at radius 1 is 1.24 bits per heavy atom. The maximum absolute atomic E-state index is 10.9. The van der Waals surface area contributed by atoms with Gasteiger partial charge in [0.2, 0.25) is 0 Å². The van der Waals surface area contributed by atoms with Gasteiger partial charge in [0.05, 0.1) is 17.6 Å². The first-order valence-electron chi connectivity index (χ1n) is 6.49. The van der Waals surface area contributed by atoms with Crippen molar-refractivity contribution in [1.82, 2.24) is 0 Å². The summed E-state index contributed by atoms with van der Waals surface area (Å²) >= 11 is 5.83. The maximum atomic E-state index is 10.9. The number of hydrogen-bond acceptors (Lipinski definition) is 4. The molecular formula is C15H15ClN2O3. The number of halogens is 1. The molecule has 0 amide bonds. The Morgan fingerprint density at radius 2 is 1.95 bits per heavy atom. The molecule has 5 nitrogen and oxygen atoms in total. The number of rotatable bonds is 6. The van der Waals surface area contributed by atoms with E-state index in [1.165, 1.54) is 12.1 Å². The molecule has 0 unspecified atom stereocenters. The number of ether oxygens (including phenoxy) is 1. The molecule has 0 spiro atoms. The minimum Gasteiger partial charge on any atom is -0.494 e. The van der Waals surface area contributed by atoms with Crippen molar-refractivity contribution in [3.8, 4) is 5.75 Å². The van der Waals surface area contributed by atoms with Crippen LogP contribution in [0.2, 0.25) is 5.02 Å². The third-order valence-electron chi connectivity index (χ3n) is 2.82. The van der Waals surface area contributed by atoms with Crippen molar-refractivity contribution in [3.63, 3.8) is 0 Å². The topological polar surface area (TPSA) is 64.4 Å². The van der Waals surface area contributed by atoms with Gasteiger partial charge < -0.3 is 10.1 Å². The molecule has 0 bridgehead atoms. The minimum absolute atomic E-state index is 0.000411. The Hall–Kier alpha value is -2.27. The van der Waals surface area contributed by atoms with Crippen LogP contribution >= 0.6 is 11.6 Å². The fourth-order valence-electron chi connectivity index (χ4n) is 1.85. The van der Waals surface area contributed by atoms with Crippen molar-refractivity contribution in [2.24, 2.45) is 0 Å². The van der Waals surface area contributed by atoms with Gasteiger partial charge in [-0.15, -0.1) is 0 Å². The Balaban J connectivity index is 2.14. The predicted octanol–water partition coefficient (Wildman–Crippen LogP) is 4.26. The van der Waals surface area contributed by atoms with Crippen molar-refractivity contribution >= 4 is 23.0 Å². The number of anilines is 1. The molecule has 0 heterocycles. The first-order valence-corrected chi connectivity index (χ1v) is 6.87. The lowest BCUT2D eigenvalue weighted by Crippen LogP contribution is -2.01. The molecule has 0 fully saturated rings. The molecule has 0 aromatic heterocycles. The van der Waals surface area contributed by atoms with Gasteiger partial charge in [-0.25, -0.2) is 0 Å². The van der Waals surface area contributed by atoms with Crippen molar-refractivity contribution < 1.29 is 9.66 Å². The van der Waals surface area contributed by atoms with Gasteiger partial charge in [0.1, 0.15) is 5.75 Å². The average Bonchev–Trinajstić information content (AvgIpc) is 2.47. The highest BCUT2D eigenvalue weighted by Gasteiger charge is 2.10. The molecule has 0 aliphatic carbocycles. The van der Waals surface area contributed by atoms with E-state index in [9.17, 15) is 10.1 Å². The van der Waals surface area contributed by atoms with E-state index in [1.807, 2.05) is 19.1 Å². The number of nitrogens with zero attached hydrogens (tertiary/aromatic N) is 1. The van der Waals surface area contributed by atoms with Gasteiger partial charge in [-0.3, -0.25) is 10.1 Å². The lowest BCUT2D eigenvalue weighted by molar-refractivity contribution is -0.384. The van der Waals surface area contributed by atoms with E-state index in [0.29, 0.717) is 29.6 Å². The third kappa shape index (κ3) is 4.36. The van der Waals surface area contributed by atoms with E-state index >= 15 is 0 Å². The first kappa shape index (κ1) is 15.1. The molecule has 2 aromatic carbocycles. The highest BCUT2D eigenvalue weighted by atomic mass is 35.5. The zero-order valence-corrected chi connectivity index (χ0v) is 12.3. The summed E-state index contributed by atoms with van der Waals surface area (Å²) in [5.74, 6) is 0.477. The van der Waals surface area contributed by atoms with Crippen LogP contribution in [0.1, 0.15) is 12.5 Å². The Kier molecular flexibility index (Phi) is 5.00. The lowest BCUT2D eigenvalue weighted by Gasteiger charge is -2.09. The van der Waals surface area contributed by atoms with Crippen LogP contribution in [-0.4, -0.2) is 11.5 Å². The normalized spacial score (nSPS) is 10.2. The third-order valence-corrected chi connectivity index (χ3v) is 3.07. The number of nitrogens with one attached hydrogen (secondary N) is 1. The summed E-state index contributed by atoms with van der Waals surface area (Å²) in [7, 11) is 0. The lowest BCUT2D eigenvalue weighted by atomic mass is 10.2. The summed E-state index contributed by atoms with van der Waals surface area (Å²) in [6.45, 7) is 2.83. The van der Waals surface area contributed by atoms with E-state index in [0.717, 1.165) is 5.56 Å². The smallest absolute Gasteiger partial charge is 0.275 e.